The van der Waals surface area contributed by atoms with Crippen molar-refractivity contribution in [3.63, 3.8) is 0 Å². The Kier molecular flexibility index (Phi) is 5.22. The quantitative estimate of drug-likeness (QED) is 0.849. The molecule has 0 heterocycles. The molecule has 0 aromatic heterocycles. The lowest BCUT2D eigenvalue weighted by Crippen LogP contribution is -2.26. The van der Waals surface area contributed by atoms with Crippen LogP contribution in [0.5, 0.6) is 0 Å². The molecule has 88 valence electrons. The van der Waals surface area contributed by atoms with E-state index < -0.39 is 11.7 Å². The van der Waals surface area contributed by atoms with E-state index in [0.717, 1.165) is 0 Å². The summed E-state index contributed by atoms with van der Waals surface area (Å²) in [6.45, 7) is 2.28. The summed E-state index contributed by atoms with van der Waals surface area (Å²) in [5.74, 6) is -0.948. The molecule has 1 unspecified atom stereocenters. The third-order valence-corrected chi connectivity index (χ3v) is 2.71. The molecule has 0 radical (unpaired) electrons. The fourth-order valence-electron chi connectivity index (χ4n) is 1.15. The largest absolute Gasteiger partial charge is 0.352 e. The highest BCUT2D eigenvalue weighted by atomic mass is 79.9. The lowest BCUT2D eigenvalue weighted by Gasteiger charge is -2.07. The van der Waals surface area contributed by atoms with Crippen molar-refractivity contribution in [2.45, 2.75) is 18.7 Å². The second kappa shape index (κ2) is 6.21. The molecule has 1 rings (SSSR count). The molecule has 1 aromatic rings. The zero-order valence-corrected chi connectivity index (χ0v) is 11.1. The molecular weight excluding hydrogens is 296 g/mol. The van der Waals surface area contributed by atoms with Gasteiger partial charge in [0.05, 0.1) is 5.56 Å². The topological polar surface area (TPSA) is 29.1 Å². The first-order valence-corrected chi connectivity index (χ1v) is 6.11. The third-order valence-electron chi connectivity index (χ3n) is 2.00. The summed E-state index contributed by atoms with van der Waals surface area (Å²) in [4.78, 5) is 11.6. The highest BCUT2D eigenvalue weighted by molar-refractivity contribution is 9.10. The van der Waals surface area contributed by atoms with Gasteiger partial charge in [-0.1, -0.05) is 15.9 Å². The molecule has 0 fully saturated rings. The van der Waals surface area contributed by atoms with Gasteiger partial charge in [0.25, 0.3) is 5.91 Å². The third kappa shape index (κ3) is 4.10. The second-order valence-corrected chi connectivity index (χ2v) is 5.11. The number of hydrogen-bond acceptors (Lipinski definition) is 1. The van der Waals surface area contributed by atoms with Crippen LogP contribution in [0.3, 0.4) is 0 Å². The van der Waals surface area contributed by atoms with Gasteiger partial charge in [0.15, 0.2) is 0 Å². The monoisotopic (exact) mass is 307 g/mol. The lowest BCUT2D eigenvalue weighted by atomic mass is 10.2. The van der Waals surface area contributed by atoms with Crippen LogP contribution in [-0.4, -0.2) is 17.8 Å². The molecule has 0 saturated carbocycles. The first-order valence-electron chi connectivity index (χ1n) is 4.88. The number of amides is 1. The first kappa shape index (κ1) is 13.5. The van der Waals surface area contributed by atoms with Gasteiger partial charge in [-0.2, -0.15) is 0 Å². The van der Waals surface area contributed by atoms with Crippen LogP contribution in [-0.2, 0) is 0 Å². The Balaban J connectivity index is 2.62. The average molecular weight is 309 g/mol. The van der Waals surface area contributed by atoms with Gasteiger partial charge in [0.1, 0.15) is 5.82 Å². The Morgan fingerprint density at radius 2 is 2.31 bits per heavy atom. The maximum atomic E-state index is 13.3. The van der Waals surface area contributed by atoms with Crippen molar-refractivity contribution in [1.82, 2.24) is 5.32 Å². The molecule has 1 aromatic carbocycles. The molecule has 0 bridgehead atoms. The van der Waals surface area contributed by atoms with E-state index in [-0.39, 0.29) is 10.9 Å². The van der Waals surface area contributed by atoms with Crippen LogP contribution in [0.25, 0.3) is 0 Å². The molecule has 16 heavy (non-hydrogen) atoms. The summed E-state index contributed by atoms with van der Waals surface area (Å²) in [5, 5.41) is 2.61. The molecule has 0 aliphatic rings. The molecule has 0 aliphatic carbocycles. The number of carbonyl (C=O) groups is 1. The van der Waals surface area contributed by atoms with Crippen LogP contribution >= 0.6 is 27.5 Å². The van der Waals surface area contributed by atoms with Crippen molar-refractivity contribution in [2.75, 3.05) is 6.54 Å². The van der Waals surface area contributed by atoms with Crippen molar-refractivity contribution >= 4 is 33.4 Å². The number of rotatable bonds is 4. The molecule has 0 saturated heterocycles. The minimum atomic E-state index is -0.528. The minimum Gasteiger partial charge on any atom is -0.352 e. The fraction of sp³-hybridized carbons (Fsp3) is 0.364. The van der Waals surface area contributed by atoms with E-state index >= 15 is 0 Å². The van der Waals surface area contributed by atoms with Crippen LogP contribution in [0.4, 0.5) is 4.39 Å². The van der Waals surface area contributed by atoms with Gasteiger partial charge >= 0.3 is 0 Å². The van der Waals surface area contributed by atoms with E-state index in [1.165, 1.54) is 12.1 Å². The molecule has 2 nitrogen and oxygen atoms in total. The Labute approximate surface area is 107 Å². The minimum absolute atomic E-state index is 0.00680. The van der Waals surface area contributed by atoms with E-state index in [2.05, 4.69) is 21.2 Å². The maximum Gasteiger partial charge on any atom is 0.254 e. The van der Waals surface area contributed by atoms with E-state index in [1.807, 2.05) is 6.92 Å². The van der Waals surface area contributed by atoms with Crippen LogP contribution in [0.2, 0.25) is 0 Å². The van der Waals surface area contributed by atoms with E-state index in [0.29, 0.717) is 17.4 Å². The van der Waals surface area contributed by atoms with E-state index in [4.69, 9.17) is 11.6 Å². The van der Waals surface area contributed by atoms with Gasteiger partial charge in [-0.3, -0.25) is 4.79 Å². The fourth-order valence-corrected chi connectivity index (χ4v) is 1.62. The standard InChI is InChI=1S/C11H12BrClFNO/c1-7(13)4-5-15-11(16)9-6-8(12)2-3-10(9)14/h2-3,6-7H,4-5H2,1H3,(H,15,16). The van der Waals surface area contributed by atoms with Crippen molar-refractivity contribution in [3.8, 4) is 0 Å². The van der Waals surface area contributed by atoms with Crippen molar-refractivity contribution < 1.29 is 9.18 Å². The predicted octanol–water partition coefficient (Wildman–Crippen LogP) is 3.34. The van der Waals surface area contributed by atoms with Gasteiger partial charge in [0, 0.05) is 16.4 Å². The van der Waals surface area contributed by atoms with Crippen LogP contribution < -0.4 is 5.32 Å². The zero-order valence-electron chi connectivity index (χ0n) is 8.77. The number of alkyl halides is 1. The molecule has 1 N–H and O–H groups in total. The van der Waals surface area contributed by atoms with Crippen LogP contribution in [0.15, 0.2) is 22.7 Å². The molecule has 1 atom stereocenters. The second-order valence-electron chi connectivity index (χ2n) is 3.45. The van der Waals surface area contributed by atoms with Gasteiger partial charge in [-0.15, -0.1) is 11.6 Å². The van der Waals surface area contributed by atoms with Crippen molar-refractivity contribution in [3.05, 3.63) is 34.1 Å². The number of benzene rings is 1. The van der Waals surface area contributed by atoms with Crippen molar-refractivity contribution in [2.24, 2.45) is 0 Å². The number of halogens is 3. The highest BCUT2D eigenvalue weighted by Crippen LogP contribution is 2.15. The Morgan fingerprint density at radius 3 is 2.94 bits per heavy atom. The summed E-state index contributed by atoms with van der Waals surface area (Å²) < 4.78 is 14.0. The Hall–Kier alpha value is -0.610. The normalized spacial score (nSPS) is 12.2. The molecule has 1 amide bonds. The van der Waals surface area contributed by atoms with E-state index in [9.17, 15) is 9.18 Å². The lowest BCUT2D eigenvalue weighted by molar-refractivity contribution is 0.0949. The molecular formula is C11H12BrClFNO. The zero-order chi connectivity index (χ0) is 12.1. The smallest absolute Gasteiger partial charge is 0.254 e. The maximum absolute atomic E-state index is 13.3. The Bertz CT molecular complexity index is 384. The summed E-state index contributed by atoms with van der Waals surface area (Å²) in [6, 6.07) is 4.25. The van der Waals surface area contributed by atoms with E-state index in [1.54, 1.807) is 6.07 Å². The summed E-state index contributed by atoms with van der Waals surface area (Å²) in [5.41, 5.74) is 0.0385. The number of hydrogen-bond donors (Lipinski definition) is 1. The molecule has 5 heteroatoms. The summed E-state index contributed by atoms with van der Waals surface area (Å²) in [7, 11) is 0. The molecule has 0 spiro atoms. The molecule has 0 aliphatic heterocycles. The Morgan fingerprint density at radius 1 is 1.62 bits per heavy atom. The summed E-state index contributed by atoms with van der Waals surface area (Å²) >= 11 is 8.92. The average Bonchev–Trinajstić information content (AvgIpc) is 2.21. The van der Waals surface area contributed by atoms with Gasteiger partial charge < -0.3 is 5.32 Å². The predicted molar refractivity (Wildman–Crippen MR) is 66.4 cm³/mol. The number of carbonyl (C=O) groups excluding carboxylic acids is 1. The SMILES string of the molecule is CC(Cl)CCNC(=O)c1cc(Br)ccc1F. The van der Waals surface area contributed by atoms with Crippen LogP contribution in [0, 0.1) is 5.82 Å². The first-order chi connectivity index (χ1) is 7.50. The van der Waals surface area contributed by atoms with Gasteiger partial charge in [0.2, 0.25) is 0 Å². The summed E-state index contributed by atoms with van der Waals surface area (Å²) in [6.07, 6.45) is 0.656. The van der Waals surface area contributed by atoms with Crippen molar-refractivity contribution in [1.29, 1.82) is 0 Å². The van der Waals surface area contributed by atoms with Crippen LogP contribution in [0.1, 0.15) is 23.7 Å². The van der Waals surface area contributed by atoms with Gasteiger partial charge in [-0.25, -0.2) is 4.39 Å². The highest BCUT2D eigenvalue weighted by Gasteiger charge is 2.11. The van der Waals surface area contributed by atoms with Gasteiger partial charge in [-0.05, 0) is 31.5 Å². The number of nitrogens with one attached hydrogen (secondary N) is 1.